The largest absolute Gasteiger partial charge is 0.349 e. The van der Waals surface area contributed by atoms with E-state index in [0.717, 1.165) is 34.9 Å². The maximum Gasteiger partial charge on any atom is 0.325 e. The van der Waals surface area contributed by atoms with E-state index in [1.165, 1.54) is 11.3 Å². The van der Waals surface area contributed by atoms with Crippen LogP contribution in [-0.4, -0.2) is 39.8 Å². The van der Waals surface area contributed by atoms with Gasteiger partial charge in [0, 0.05) is 5.38 Å². The van der Waals surface area contributed by atoms with Gasteiger partial charge >= 0.3 is 6.03 Å². The normalized spacial score (nSPS) is 26.2. The Balaban J connectivity index is 1.56. The summed E-state index contributed by atoms with van der Waals surface area (Å²) >= 11 is 1.52. The van der Waals surface area contributed by atoms with Gasteiger partial charge in [-0.2, -0.15) is 0 Å². The predicted octanol–water partition coefficient (Wildman–Crippen LogP) is 1.96. The molecule has 2 aliphatic rings. The van der Waals surface area contributed by atoms with Crippen molar-refractivity contribution in [2.24, 2.45) is 5.92 Å². The molecule has 1 saturated heterocycles. The molecule has 25 heavy (non-hydrogen) atoms. The SMILES string of the molecule is CCC1CCC2(CC1)NC(=O)N(CC(=O)NCc1csc(C)n1)C2=O. The molecule has 7 nitrogen and oxygen atoms in total. The third kappa shape index (κ3) is 3.68. The Labute approximate surface area is 151 Å². The first kappa shape index (κ1) is 17.8. The Kier molecular flexibility index (Phi) is 5.08. The molecule has 1 aliphatic carbocycles. The summed E-state index contributed by atoms with van der Waals surface area (Å²) in [5, 5.41) is 8.37. The molecule has 0 radical (unpaired) electrons. The lowest BCUT2D eigenvalue weighted by Gasteiger charge is -2.34. The van der Waals surface area contributed by atoms with E-state index in [1.54, 1.807) is 0 Å². The number of hydrogen-bond acceptors (Lipinski definition) is 5. The first-order valence-electron chi connectivity index (χ1n) is 8.75. The van der Waals surface area contributed by atoms with Crippen LogP contribution in [0.15, 0.2) is 5.38 Å². The van der Waals surface area contributed by atoms with Crippen LogP contribution < -0.4 is 10.6 Å². The number of aromatic nitrogens is 1. The van der Waals surface area contributed by atoms with E-state index in [4.69, 9.17) is 0 Å². The number of imide groups is 1. The molecule has 0 bridgehead atoms. The molecular formula is C17H24N4O3S. The topological polar surface area (TPSA) is 91.4 Å². The molecule has 2 heterocycles. The summed E-state index contributed by atoms with van der Waals surface area (Å²) in [6.07, 6.45) is 4.29. The summed E-state index contributed by atoms with van der Waals surface area (Å²) in [4.78, 5) is 42.4. The van der Waals surface area contributed by atoms with Crippen molar-refractivity contribution in [1.82, 2.24) is 20.5 Å². The smallest absolute Gasteiger partial charge is 0.325 e. The van der Waals surface area contributed by atoms with Crippen LogP contribution in [0.25, 0.3) is 0 Å². The highest BCUT2D eigenvalue weighted by atomic mass is 32.1. The summed E-state index contributed by atoms with van der Waals surface area (Å²) < 4.78 is 0. The van der Waals surface area contributed by atoms with E-state index in [9.17, 15) is 14.4 Å². The van der Waals surface area contributed by atoms with Crippen LogP contribution in [0, 0.1) is 12.8 Å². The minimum absolute atomic E-state index is 0.243. The molecule has 2 fully saturated rings. The van der Waals surface area contributed by atoms with Gasteiger partial charge < -0.3 is 10.6 Å². The minimum atomic E-state index is -0.797. The molecule has 0 aromatic carbocycles. The number of carbonyl (C=O) groups is 3. The Morgan fingerprint density at radius 1 is 1.44 bits per heavy atom. The van der Waals surface area contributed by atoms with E-state index < -0.39 is 11.6 Å². The lowest BCUT2D eigenvalue weighted by Crippen LogP contribution is -2.50. The van der Waals surface area contributed by atoms with Crippen molar-refractivity contribution < 1.29 is 14.4 Å². The fourth-order valence-electron chi connectivity index (χ4n) is 3.62. The van der Waals surface area contributed by atoms with E-state index in [-0.39, 0.29) is 18.4 Å². The first-order valence-corrected chi connectivity index (χ1v) is 9.63. The molecule has 0 atom stereocenters. The van der Waals surface area contributed by atoms with Crippen LogP contribution in [0.2, 0.25) is 0 Å². The molecule has 1 saturated carbocycles. The minimum Gasteiger partial charge on any atom is -0.349 e. The summed E-state index contributed by atoms with van der Waals surface area (Å²) in [5.74, 6) is 0.00870. The number of aryl methyl sites for hydroxylation is 1. The van der Waals surface area contributed by atoms with Gasteiger partial charge in [0.15, 0.2) is 0 Å². The van der Waals surface area contributed by atoms with Gasteiger partial charge in [-0.25, -0.2) is 9.78 Å². The highest BCUT2D eigenvalue weighted by molar-refractivity contribution is 7.09. The van der Waals surface area contributed by atoms with Crippen LogP contribution in [0.4, 0.5) is 4.79 Å². The van der Waals surface area contributed by atoms with E-state index in [2.05, 4.69) is 22.5 Å². The second-order valence-corrected chi connectivity index (χ2v) is 7.95. The number of rotatable bonds is 5. The lowest BCUT2D eigenvalue weighted by molar-refractivity contribution is -0.136. The molecule has 3 rings (SSSR count). The molecule has 1 aliphatic heterocycles. The van der Waals surface area contributed by atoms with Gasteiger partial charge in [0.2, 0.25) is 5.91 Å². The molecule has 1 aromatic rings. The van der Waals surface area contributed by atoms with Crippen LogP contribution in [0.1, 0.15) is 49.7 Å². The molecule has 2 N–H and O–H groups in total. The zero-order chi connectivity index (χ0) is 18.0. The number of nitrogens with one attached hydrogen (secondary N) is 2. The fourth-order valence-corrected chi connectivity index (χ4v) is 4.23. The monoisotopic (exact) mass is 364 g/mol. The van der Waals surface area contributed by atoms with Crippen LogP contribution >= 0.6 is 11.3 Å². The average molecular weight is 364 g/mol. The fraction of sp³-hybridized carbons (Fsp3) is 0.647. The second-order valence-electron chi connectivity index (χ2n) is 6.89. The van der Waals surface area contributed by atoms with Crippen LogP contribution in [-0.2, 0) is 16.1 Å². The van der Waals surface area contributed by atoms with Crippen molar-refractivity contribution in [3.05, 3.63) is 16.1 Å². The summed E-state index contributed by atoms with van der Waals surface area (Å²) in [6, 6.07) is -0.459. The zero-order valence-electron chi connectivity index (χ0n) is 14.6. The van der Waals surface area contributed by atoms with Crippen LogP contribution in [0.3, 0.4) is 0 Å². The molecular weight excluding hydrogens is 340 g/mol. The maximum absolute atomic E-state index is 12.8. The average Bonchev–Trinajstić information content (AvgIpc) is 3.11. The highest BCUT2D eigenvalue weighted by Crippen LogP contribution is 2.37. The third-order valence-electron chi connectivity index (χ3n) is 5.22. The quantitative estimate of drug-likeness (QED) is 0.781. The number of hydrogen-bond donors (Lipinski definition) is 2. The Hall–Kier alpha value is -1.96. The third-order valence-corrected chi connectivity index (χ3v) is 6.04. The van der Waals surface area contributed by atoms with Gasteiger partial charge in [0.05, 0.1) is 17.2 Å². The summed E-state index contributed by atoms with van der Waals surface area (Å²) in [5.41, 5.74) is -0.0166. The number of urea groups is 1. The summed E-state index contributed by atoms with van der Waals surface area (Å²) in [7, 11) is 0. The van der Waals surface area contributed by atoms with Gasteiger partial charge in [-0.3, -0.25) is 14.5 Å². The van der Waals surface area contributed by atoms with Gasteiger partial charge in [-0.05, 0) is 38.5 Å². The van der Waals surface area contributed by atoms with Gasteiger partial charge in [-0.15, -0.1) is 11.3 Å². The molecule has 136 valence electrons. The Bertz CT molecular complexity index is 679. The zero-order valence-corrected chi connectivity index (χ0v) is 15.4. The number of amides is 4. The number of carbonyl (C=O) groups excluding carboxylic acids is 3. The van der Waals surface area contributed by atoms with Gasteiger partial charge in [0.25, 0.3) is 5.91 Å². The van der Waals surface area contributed by atoms with E-state index in [0.29, 0.717) is 25.3 Å². The van der Waals surface area contributed by atoms with E-state index in [1.807, 2.05) is 12.3 Å². The summed E-state index contributed by atoms with van der Waals surface area (Å²) in [6.45, 7) is 4.11. The lowest BCUT2D eigenvalue weighted by atomic mass is 9.75. The molecule has 4 amide bonds. The standard InChI is InChI=1S/C17H24N4O3S/c1-3-12-4-6-17(7-5-12)15(23)21(16(24)20-17)9-14(22)18-8-13-10-25-11(2)19-13/h10,12H,3-9H2,1-2H3,(H,18,22)(H,20,24). The highest BCUT2D eigenvalue weighted by Gasteiger charge is 2.52. The van der Waals surface area contributed by atoms with Crippen molar-refractivity contribution in [3.63, 3.8) is 0 Å². The number of thiazole rings is 1. The van der Waals surface area contributed by atoms with Crippen LogP contribution in [0.5, 0.6) is 0 Å². The number of nitrogens with zero attached hydrogens (tertiary/aromatic N) is 2. The van der Waals surface area contributed by atoms with Crippen molar-refractivity contribution in [2.45, 2.75) is 58.0 Å². The Morgan fingerprint density at radius 2 is 2.16 bits per heavy atom. The Morgan fingerprint density at radius 3 is 2.76 bits per heavy atom. The van der Waals surface area contributed by atoms with Gasteiger partial charge in [-0.1, -0.05) is 13.3 Å². The first-order chi connectivity index (χ1) is 11.9. The van der Waals surface area contributed by atoms with E-state index >= 15 is 0 Å². The molecule has 8 heteroatoms. The van der Waals surface area contributed by atoms with Crippen molar-refractivity contribution in [3.8, 4) is 0 Å². The van der Waals surface area contributed by atoms with Crippen molar-refractivity contribution in [2.75, 3.05) is 6.54 Å². The van der Waals surface area contributed by atoms with Gasteiger partial charge in [0.1, 0.15) is 12.1 Å². The maximum atomic E-state index is 12.8. The van der Waals surface area contributed by atoms with Crippen molar-refractivity contribution >= 4 is 29.2 Å². The molecule has 1 spiro atoms. The molecule has 1 aromatic heterocycles. The second kappa shape index (κ2) is 7.11. The molecule has 0 unspecified atom stereocenters. The van der Waals surface area contributed by atoms with Crippen molar-refractivity contribution in [1.29, 1.82) is 0 Å². The predicted molar refractivity (Wildman–Crippen MR) is 93.9 cm³/mol.